The molecule has 1 atom stereocenters. The van der Waals surface area contributed by atoms with E-state index in [1.807, 2.05) is 19.9 Å². The number of rotatable bonds is 4. The van der Waals surface area contributed by atoms with Crippen LogP contribution >= 0.6 is 0 Å². The molecule has 0 aromatic heterocycles. The summed E-state index contributed by atoms with van der Waals surface area (Å²) in [5.41, 5.74) is 0.910. The standard InChI is InChI=1S/C10H16O2/c1-4-5-8(2)6-9(3)7-10(11)12/h4-5,7-8H,6H2,1-3H3,(H,11,12). The van der Waals surface area contributed by atoms with Gasteiger partial charge in [-0.05, 0) is 26.2 Å². The number of carboxylic acids is 1. The van der Waals surface area contributed by atoms with Gasteiger partial charge in [0, 0.05) is 6.08 Å². The molecule has 0 aliphatic heterocycles. The lowest BCUT2D eigenvalue weighted by molar-refractivity contribution is -0.131. The van der Waals surface area contributed by atoms with Crippen molar-refractivity contribution in [2.75, 3.05) is 0 Å². The Hall–Kier alpha value is -1.05. The Morgan fingerprint density at radius 1 is 1.58 bits per heavy atom. The van der Waals surface area contributed by atoms with Crippen LogP contribution in [0, 0.1) is 5.92 Å². The first-order valence-corrected chi connectivity index (χ1v) is 4.09. The van der Waals surface area contributed by atoms with E-state index in [0.29, 0.717) is 5.92 Å². The monoisotopic (exact) mass is 168 g/mol. The van der Waals surface area contributed by atoms with Gasteiger partial charge in [0.2, 0.25) is 0 Å². The summed E-state index contributed by atoms with van der Waals surface area (Å²) in [6, 6.07) is 0. The third-order valence-electron chi connectivity index (χ3n) is 1.53. The fourth-order valence-electron chi connectivity index (χ4n) is 1.17. The lowest BCUT2D eigenvalue weighted by Gasteiger charge is -2.04. The highest BCUT2D eigenvalue weighted by atomic mass is 16.4. The number of hydrogen-bond acceptors (Lipinski definition) is 1. The SMILES string of the molecule is CC=CC(C)CC(C)=CC(=O)O. The predicted molar refractivity (Wildman–Crippen MR) is 50.0 cm³/mol. The summed E-state index contributed by atoms with van der Waals surface area (Å²) in [6.07, 6.45) is 6.13. The highest BCUT2D eigenvalue weighted by Gasteiger charge is 1.99. The molecule has 0 saturated heterocycles. The van der Waals surface area contributed by atoms with E-state index >= 15 is 0 Å². The highest BCUT2D eigenvalue weighted by molar-refractivity contribution is 5.80. The van der Waals surface area contributed by atoms with Gasteiger partial charge < -0.3 is 5.11 Å². The summed E-state index contributed by atoms with van der Waals surface area (Å²) in [5.74, 6) is -0.439. The van der Waals surface area contributed by atoms with Crippen LogP contribution < -0.4 is 0 Å². The van der Waals surface area contributed by atoms with E-state index in [0.717, 1.165) is 12.0 Å². The molecule has 0 fully saturated rings. The van der Waals surface area contributed by atoms with Crippen LogP contribution in [0.5, 0.6) is 0 Å². The molecule has 68 valence electrons. The van der Waals surface area contributed by atoms with Gasteiger partial charge in [-0.1, -0.05) is 24.6 Å². The topological polar surface area (TPSA) is 37.3 Å². The Balaban J connectivity index is 3.99. The lowest BCUT2D eigenvalue weighted by Crippen LogP contribution is -1.94. The minimum Gasteiger partial charge on any atom is -0.478 e. The van der Waals surface area contributed by atoms with E-state index in [-0.39, 0.29) is 0 Å². The average molecular weight is 168 g/mol. The molecular formula is C10H16O2. The van der Waals surface area contributed by atoms with Crippen LogP contribution in [0.2, 0.25) is 0 Å². The maximum Gasteiger partial charge on any atom is 0.328 e. The molecule has 0 rings (SSSR count). The second-order valence-corrected chi connectivity index (χ2v) is 3.04. The van der Waals surface area contributed by atoms with Gasteiger partial charge in [-0.25, -0.2) is 4.79 Å². The molecule has 0 radical (unpaired) electrons. The molecule has 0 aromatic carbocycles. The maximum absolute atomic E-state index is 10.3. The van der Waals surface area contributed by atoms with Gasteiger partial charge >= 0.3 is 5.97 Å². The number of allylic oxidation sites excluding steroid dienone is 3. The smallest absolute Gasteiger partial charge is 0.328 e. The minimum atomic E-state index is -0.861. The molecule has 0 aliphatic carbocycles. The van der Waals surface area contributed by atoms with Crippen LogP contribution in [0.4, 0.5) is 0 Å². The Bertz CT molecular complexity index is 202. The van der Waals surface area contributed by atoms with Gasteiger partial charge in [-0.3, -0.25) is 0 Å². The van der Waals surface area contributed by atoms with E-state index in [1.54, 1.807) is 0 Å². The third-order valence-corrected chi connectivity index (χ3v) is 1.53. The lowest BCUT2D eigenvalue weighted by atomic mass is 10.0. The summed E-state index contributed by atoms with van der Waals surface area (Å²) in [5, 5.41) is 8.43. The molecule has 1 N–H and O–H groups in total. The van der Waals surface area contributed by atoms with Crippen LogP contribution in [0.3, 0.4) is 0 Å². The molecule has 0 spiro atoms. The largest absolute Gasteiger partial charge is 0.478 e. The Labute approximate surface area is 73.6 Å². The molecule has 0 bridgehead atoms. The van der Waals surface area contributed by atoms with Crippen molar-refractivity contribution < 1.29 is 9.90 Å². The summed E-state index contributed by atoms with van der Waals surface area (Å²) >= 11 is 0. The van der Waals surface area contributed by atoms with Crippen molar-refractivity contribution in [1.29, 1.82) is 0 Å². The molecule has 0 saturated carbocycles. The molecule has 2 nitrogen and oxygen atoms in total. The number of carbonyl (C=O) groups is 1. The molecule has 2 heteroatoms. The number of carboxylic acid groups (broad SMARTS) is 1. The van der Waals surface area contributed by atoms with Crippen LogP contribution in [-0.2, 0) is 4.79 Å². The fraction of sp³-hybridized carbons (Fsp3) is 0.500. The second-order valence-electron chi connectivity index (χ2n) is 3.04. The molecule has 1 unspecified atom stereocenters. The summed E-state index contributed by atoms with van der Waals surface area (Å²) in [7, 11) is 0. The Kier molecular flexibility index (Phi) is 5.09. The summed E-state index contributed by atoms with van der Waals surface area (Å²) in [6.45, 7) is 5.88. The molecule has 0 heterocycles. The predicted octanol–water partition coefficient (Wildman–Crippen LogP) is 2.62. The van der Waals surface area contributed by atoms with Crippen molar-refractivity contribution in [2.24, 2.45) is 5.92 Å². The van der Waals surface area contributed by atoms with E-state index in [4.69, 9.17) is 5.11 Å². The molecular weight excluding hydrogens is 152 g/mol. The van der Waals surface area contributed by atoms with Crippen molar-refractivity contribution >= 4 is 5.97 Å². The third kappa shape index (κ3) is 5.71. The minimum absolute atomic E-state index is 0.422. The van der Waals surface area contributed by atoms with Crippen molar-refractivity contribution in [3.63, 3.8) is 0 Å². The van der Waals surface area contributed by atoms with Gasteiger partial charge in [-0.15, -0.1) is 0 Å². The van der Waals surface area contributed by atoms with Gasteiger partial charge in [0.1, 0.15) is 0 Å². The zero-order chi connectivity index (χ0) is 9.56. The molecule has 0 amide bonds. The first kappa shape index (κ1) is 11.0. The van der Waals surface area contributed by atoms with Crippen molar-refractivity contribution in [1.82, 2.24) is 0 Å². The van der Waals surface area contributed by atoms with E-state index in [1.165, 1.54) is 6.08 Å². The van der Waals surface area contributed by atoms with Crippen molar-refractivity contribution in [3.8, 4) is 0 Å². The highest BCUT2D eigenvalue weighted by Crippen LogP contribution is 2.11. The summed E-state index contributed by atoms with van der Waals surface area (Å²) < 4.78 is 0. The molecule has 12 heavy (non-hydrogen) atoms. The second kappa shape index (κ2) is 5.58. The van der Waals surface area contributed by atoms with Crippen molar-refractivity contribution in [2.45, 2.75) is 27.2 Å². The van der Waals surface area contributed by atoms with Crippen LogP contribution in [-0.4, -0.2) is 11.1 Å². The van der Waals surface area contributed by atoms with Crippen LogP contribution in [0.15, 0.2) is 23.8 Å². The van der Waals surface area contributed by atoms with Gasteiger partial charge in [-0.2, -0.15) is 0 Å². The number of aliphatic carboxylic acids is 1. The first-order chi connectivity index (χ1) is 5.56. The van der Waals surface area contributed by atoms with E-state index in [2.05, 4.69) is 13.0 Å². The quantitative estimate of drug-likeness (QED) is 0.517. The fourth-order valence-corrected chi connectivity index (χ4v) is 1.17. The van der Waals surface area contributed by atoms with Gasteiger partial charge in [0.15, 0.2) is 0 Å². The zero-order valence-corrected chi connectivity index (χ0v) is 7.87. The summed E-state index contributed by atoms with van der Waals surface area (Å²) in [4.78, 5) is 10.3. The molecule has 0 aromatic rings. The Morgan fingerprint density at radius 3 is 2.58 bits per heavy atom. The zero-order valence-electron chi connectivity index (χ0n) is 7.87. The first-order valence-electron chi connectivity index (χ1n) is 4.09. The van der Waals surface area contributed by atoms with Crippen LogP contribution in [0.1, 0.15) is 27.2 Å². The van der Waals surface area contributed by atoms with Crippen LogP contribution in [0.25, 0.3) is 0 Å². The average Bonchev–Trinajstić information content (AvgIpc) is 1.84. The maximum atomic E-state index is 10.3. The van der Waals surface area contributed by atoms with E-state index < -0.39 is 5.97 Å². The Morgan fingerprint density at radius 2 is 2.17 bits per heavy atom. The normalized spacial score (nSPS) is 15.1. The number of hydrogen-bond donors (Lipinski definition) is 1. The van der Waals surface area contributed by atoms with Crippen molar-refractivity contribution in [3.05, 3.63) is 23.8 Å². The molecule has 0 aliphatic rings. The van der Waals surface area contributed by atoms with E-state index in [9.17, 15) is 4.79 Å². The van der Waals surface area contributed by atoms with Gasteiger partial charge in [0.05, 0.1) is 0 Å². The van der Waals surface area contributed by atoms with Gasteiger partial charge in [0.25, 0.3) is 0 Å².